The fourth-order valence-electron chi connectivity index (χ4n) is 3.43. The lowest BCUT2D eigenvalue weighted by Gasteiger charge is -2.38. The number of rotatable bonds is 5. The Morgan fingerprint density at radius 3 is 2.96 bits per heavy atom. The van der Waals surface area contributed by atoms with Gasteiger partial charge in [-0.2, -0.15) is 0 Å². The molecule has 0 saturated heterocycles. The van der Waals surface area contributed by atoms with Crippen LogP contribution in [0.3, 0.4) is 0 Å². The topological polar surface area (TPSA) is 75.5 Å². The number of carbonyl (C=O) groups excluding carboxylic acids is 1. The van der Waals surface area contributed by atoms with Crippen LogP contribution < -0.4 is 5.32 Å². The molecule has 1 aliphatic heterocycles. The molecular weight excluding hydrogens is 338 g/mol. The summed E-state index contributed by atoms with van der Waals surface area (Å²) in [6.07, 6.45) is 1.03. The van der Waals surface area contributed by atoms with E-state index in [0.717, 1.165) is 13.0 Å². The van der Waals surface area contributed by atoms with Crippen LogP contribution in [0, 0.1) is 10.1 Å². The van der Waals surface area contributed by atoms with Gasteiger partial charge in [-0.25, -0.2) is 0 Å². The van der Waals surface area contributed by atoms with Gasteiger partial charge in [0.05, 0.1) is 4.92 Å². The largest absolute Gasteiger partial charge is 0.351 e. The summed E-state index contributed by atoms with van der Waals surface area (Å²) < 4.78 is 0. The van der Waals surface area contributed by atoms with Gasteiger partial charge in [0.15, 0.2) is 0 Å². The Morgan fingerprint density at radius 2 is 2.20 bits per heavy atom. The first kappa shape index (κ1) is 17.6. The Bertz CT molecular complexity index is 789. The number of thiophene rings is 1. The van der Waals surface area contributed by atoms with Crippen molar-refractivity contribution < 1.29 is 9.72 Å². The quantitative estimate of drug-likeness (QED) is 0.656. The van der Waals surface area contributed by atoms with E-state index in [2.05, 4.69) is 35.5 Å². The highest BCUT2D eigenvalue weighted by Crippen LogP contribution is 2.35. The number of non-ortho nitro benzene ring substituents is 1. The molecule has 0 radical (unpaired) electrons. The van der Waals surface area contributed by atoms with Crippen molar-refractivity contribution in [2.24, 2.45) is 0 Å². The van der Waals surface area contributed by atoms with E-state index in [1.165, 1.54) is 28.6 Å². The standard InChI is InChI=1S/C18H21N3O3S/c1-12-10-14-6-9-25-17(14)13(2)20(12)8-7-19-18(22)15-4-3-5-16(11-15)21(23)24/h3-6,9,11-13H,7-8,10H2,1-2H3,(H,19,22). The molecule has 6 nitrogen and oxygen atoms in total. The van der Waals surface area contributed by atoms with Crippen LogP contribution in [0.2, 0.25) is 0 Å². The lowest BCUT2D eigenvalue weighted by Crippen LogP contribution is -2.44. The number of fused-ring (bicyclic) bond motifs is 1. The molecule has 1 amide bonds. The number of hydrogen-bond acceptors (Lipinski definition) is 5. The summed E-state index contributed by atoms with van der Waals surface area (Å²) in [5.41, 5.74) is 1.67. The number of nitrogens with one attached hydrogen (secondary N) is 1. The van der Waals surface area contributed by atoms with Crippen molar-refractivity contribution in [2.75, 3.05) is 13.1 Å². The van der Waals surface area contributed by atoms with Crippen LogP contribution in [-0.2, 0) is 6.42 Å². The maximum Gasteiger partial charge on any atom is 0.270 e. The summed E-state index contributed by atoms with van der Waals surface area (Å²) in [7, 11) is 0. The molecule has 0 fully saturated rings. The second-order valence-corrected chi connectivity index (χ2v) is 7.29. The zero-order chi connectivity index (χ0) is 18.0. The number of hydrogen-bond donors (Lipinski definition) is 1. The van der Waals surface area contributed by atoms with E-state index in [1.807, 2.05) is 0 Å². The summed E-state index contributed by atoms with van der Waals surface area (Å²) >= 11 is 1.79. The molecule has 0 bridgehead atoms. The molecule has 0 spiro atoms. The van der Waals surface area contributed by atoms with E-state index in [-0.39, 0.29) is 11.6 Å². The second-order valence-electron chi connectivity index (χ2n) is 6.34. The third kappa shape index (κ3) is 3.72. The lowest BCUT2D eigenvalue weighted by molar-refractivity contribution is -0.384. The molecule has 25 heavy (non-hydrogen) atoms. The van der Waals surface area contributed by atoms with Gasteiger partial charge in [0.25, 0.3) is 11.6 Å². The molecule has 3 rings (SSSR count). The molecule has 0 aliphatic carbocycles. The van der Waals surface area contributed by atoms with Crippen LogP contribution >= 0.6 is 11.3 Å². The first-order chi connectivity index (χ1) is 12.0. The molecule has 1 N–H and O–H groups in total. The van der Waals surface area contributed by atoms with Crippen LogP contribution in [0.1, 0.15) is 40.7 Å². The zero-order valence-electron chi connectivity index (χ0n) is 14.3. The van der Waals surface area contributed by atoms with Gasteiger partial charge in [0, 0.05) is 47.7 Å². The molecule has 1 aromatic heterocycles. The van der Waals surface area contributed by atoms with Crippen LogP contribution in [0.15, 0.2) is 35.7 Å². The van der Waals surface area contributed by atoms with Gasteiger partial charge >= 0.3 is 0 Å². The van der Waals surface area contributed by atoms with E-state index >= 15 is 0 Å². The van der Waals surface area contributed by atoms with E-state index in [4.69, 9.17) is 0 Å². The predicted molar refractivity (Wildman–Crippen MR) is 98.0 cm³/mol. The smallest absolute Gasteiger partial charge is 0.270 e. The normalized spacial score (nSPS) is 20.1. The molecule has 2 aromatic rings. The van der Waals surface area contributed by atoms with Crippen molar-refractivity contribution in [3.63, 3.8) is 0 Å². The number of nitro groups is 1. The number of amides is 1. The molecule has 1 aliphatic rings. The number of nitro benzene ring substituents is 1. The lowest BCUT2D eigenvalue weighted by atomic mass is 9.97. The highest BCUT2D eigenvalue weighted by atomic mass is 32.1. The summed E-state index contributed by atoms with van der Waals surface area (Å²) in [6, 6.07) is 8.77. The summed E-state index contributed by atoms with van der Waals surface area (Å²) in [4.78, 5) is 26.4. The average molecular weight is 359 g/mol. The van der Waals surface area contributed by atoms with Crippen molar-refractivity contribution in [2.45, 2.75) is 32.4 Å². The van der Waals surface area contributed by atoms with E-state index in [0.29, 0.717) is 24.2 Å². The monoisotopic (exact) mass is 359 g/mol. The van der Waals surface area contributed by atoms with E-state index in [9.17, 15) is 14.9 Å². The second kappa shape index (κ2) is 7.33. The minimum atomic E-state index is -0.494. The van der Waals surface area contributed by atoms with Crippen LogP contribution in [0.4, 0.5) is 5.69 Å². The van der Waals surface area contributed by atoms with Crippen molar-refractivity contribution in [3.05, 3.63) is 61.8 Å². The SMILES string of the molecule is CC1Cc2ccsc2C(C)N1CCNC(=O)c1cccc([N+](=O)[O-])c1. The van der Waals surface area contributed by atoms with Gasteiger partial charge in [-0.1, -0.05) is 6.07 Å². The Hall–Kier alpha value is -2.25. The van der Waals surface area contributed by atoms with E-state index < -0.39 is 4.92 Å². The van der Waals surface area contributed by atoms with Gasteiger partial charge in [-0.05, 0) is 43.3 Å². The third-order valence-corrected chi connectivity index (χ3v) is 5.84. The molecule has 7 heteroatoms. The first-order valence-corrected chi connectivity index (χ1v) is 9.20. The highest BCUT2D eigenvalue weighted by molar-refractivity contribution is 7.10. The van der Waals surface area contributed by atoms with Crippen molar-refractivity contribution >= 4 is 22.9 Å². The maximum absolute atomic E-state index is 12.2. The Kier molecular flexibility index (Phi) is 5.15. The zero-order valence-corrected chi connectivity index (χ0v) is 15.1. The Morgan fingerprint density at radius 1 is 1.40 bits per heavy atom. The first-order valence-electron chi connectivity index (χ1n) is 8.32. The molecule has 2 atom stereocenters. The van der Waals surface area contributed by atoms with Crippen LogP contribution in [0.25, 0.3) is 0 Å². The minimum Gasteiger partial charge on any atom is -0.351 e. The van der Waals surface area contributed by atoms with Crippen molar-refractivity contribution in [1.29, 1.82) is 0 Å². The fourth-order valence-corrected chi connectivity index (χ4v) is 4.44. The van der Waals surface area contributed by atoms with Gasteiger partial charge < -0.3 is 5.32 Å². The van der Waals surface area contributed by atoms with Crippen LogP contribution in [-0.4, -0.2) is 34.9 Å². The number of carbonyl (C=O) groups is 1. The molecular formula is C18H21N3O3S. The minimum absolute atomic E-state index is 0.0730. The third-order valence-electron chi connectivity index (χ3n) is 4.71. The molecule has 132 valence electrons. The maximum atomic E-state index is 12.2. The Labute approximate surface area is 150 Å². The molecule has 2 heterocycles. The molecule has 0 saturated carbocycles. The van der Waals surface area contributed by atoms with Gasteiger partial charge in [-0.3, -0.25) is 19.8 Å². The summed E-state index contributed by atoms with van der Waals surface area (Å²) in [5, 5.41) is 15.8. The predicted octanol–water partition coefficient (Wildman–Crippen LogP) is 3.39. The summed E-state index contributed by atoms with van der Waals surface area (Å²) in [6.45, 7) is 5.67. The molecule has 1 aromatic carbocycles. The summed E-state index contributed by atoms with van der Waals surface area (Å²) in [5.74, 6) is -0.280. The van der Waals surface area contributed by atoms with E-state index in [1.54, 1.807) is 17.4 Å². The number of benzene rings is 1. The van der Waals surface area contributed by atoms with Gasteiger partial charge in [0.2, 0.25) is 0 Å². The van der Waals surface area contributed by atoms with Crippen molar-refractivity contribution in [1.82, 2.24) is 10.2 Å². The van der Waals surface area contributed by atoms with Crippen LogP contribution in [0.5, 0.6) is 0 Å². The fraction of sp³-hybridized carbons (Fsp3) is 0.389. The average Bonchev–Trinajstić information content (AvgIpc) is 3.06. The molecule has 2 unspecified atom stereocenters. The van der Waals surface area contributed by atoms with Gasteiger partial charge in [0.1, 0.15) is 0 Å². The van der Waals surface area contributed by atoms with Gasteiger partial charge in [-0.15, -0.1) is 11.3 Å². The number of nitrogens with zero attached hydrogens (tertiary/aromatic N) is 2. The highest BCUT2D eigenvalue weighted by Gasteiger charge is 2.29. The Balaban J connectivity index is 1.58. The van der Waals surface area contributed by atoms with Crippen molar-refractivity contribution in [3.8, 4) is 0 Å².